The van der Waals surface area contributed by atoms with E-state index in [1.807, 2.05) is 0 Å². The van der Waals surface area contributed by atoms with E-state index in [0.29, 0.717) is 31.0 Å². The predicted molar refractivity (Wildman–Crippen MR) is 110 cm³/mol. The van der Waals surface area contributed by atoms with Crippen molar-refractivity contribution in [1.82, 2.24) is 0 Å². The van der Waals surface area contributed by atoms with E-state index in [4.69, 9.17) is 5.11 Å². The standard InChI is InChI=1S/C22H28F4O5S/c23-15-9-16(24)21(26)22(20(15)25)32-11-12(27)7-8-14-13(17(28)10-18(14)29)5-3-1-2-4-6-19(30)31/h9,12-14,18,27,29H,1-8,10-11H2,(H,30,31)/t12?,13?,14-,18?/m1/s1. The summed E-state index contributed by atoms with van der Waals surface area (Å²) >= 11 is 0.467. The van der Waals surface area contributed by atoms with Gasteiger partial charge in [-0.15, -0.1) is 11.8 Å². The van der Waals surface area contributed by atoms with Crippen LogP contribution in [0.1, 0.15) is 57.8 Å². The summed E-state index contributed by atoms with van der Waals surface area (Å²) < 4.78 is 54.0. The number of carbonyl (C=O) groups is 2. The highest BCUT2D eigenvalue weighted by atomic mass is 32.2. The van der Waals surface area contributed by atoms with Gasteiger partial charge in [0.1, 0.15) is 5.78 Å². The number of hydrogen-bond acceptors (Lipinski definition) is 5. The molecular formula is C22H28F4O5S. The average Bonchev–Trinajstić information content (AvgIpc) is 2.99. The zero-order valence-electron chi connectivity index (χ0n) is 17.5. The molecule has 180 valence electrons. The summed E-state index contributed by atoms with van der Waals surface area (Å²) in [5.41, 5.74) is 0. The molecule has 3 N–H and O–H groups in total. The fourth-order valence-electron chi connectivity index (χ4n) is 4.10. The first-order valence-electron chi connectivity index (χ1n) is 10.7. The van der Waals surface area contributed by atoms with Crippen molar-refractivity contribution < 1.29 is 42.5 Å². The van der Waals surface area contributed by atoms with Gasteiger partial charge in [0.15, 0.2) is 23.3 Å². The number of halogens is 4. The molecule has 1 aromatic carbocycles. The maximum Gasteiger partial charge on any atom is 0.303 e. The molecule has 1 aliphatic carbocycles. The van der Waals surface area contributed by atoms with Gasteiger partial charge in [0, 0.05) is 30.6 Å². The SMILES string of the molecule is O=C(O)CCCCCCC1C(=O)CC(O)[C@@H]1CCC(O)CSc1c(F)c(F)cc(F)c1F. The van der Waals surface area contributed by atoms with Gasteiger partial charge in [-0.3, -0.25) is 9.59 Å². The first kappa shape index (κ1) is 26.6. The molecule has 2 rings (SSSR count). The number of aliphatic carboxylic acids is 1. The normalized spacial score (nSPS) is 21.8. The van der Waals surface area contributed by atoms with Crippen LogP contribution in [-0.4, -0.2) is 45.0 Å². The topological polar surface area (TPSA) is 94.8 Å². The van der Waals surface area contributed by atoms with E-state index in [0.717, 1.165) is 19.3 Å². The molecule has 1 aliphatic rings. The third-order valence-electron chi connectivity index (χ3n) is 5.82. The van der Waals surface area contributed by atoms with Crippen molar-refractivity contribution in [3.8, 4) is 0 Å². The number of benzene rings is 1. The molecule has 1 aromatic rings. The third-order valence-corrected chi connectivity index (χ3v) is 7.01. The number of unbranched alkanes of at least 4 members (excludes halogenated alkanes) is 3. The second-order valence-corrected chi connectivity index (χ2v) is 9.22. The van der Waals surface area contributed by atoms with Gasteiger partial charge in [-0.05, 0) is 31.6 Å². The van der Waals surface area contributed by atoms with Gasteiger partial charge in [-0.2, -0.15) is 0 Å². The summed E-state index contributed by atoms with van der Waals surface area (Å²) in [7, 11) is 0. The molecule has 10 heteroatoms. The van der Waals surface area contributed by atoms with Crippen LogP contribution in [0.15, 0.2) is 11.0 Å². The number of ketones is 1. The highest BCUT2D eigenvalue weighted by Crippen LogP contribution is 2.37. The van der Waals surface area contributed by atoms with Crippen molar-refractivity contribution in [1.29, 1.82) is 0 Å². The summed E-state index contributed by atoms with van der Waals surface area (Å²) in [5, 5.41) is 29.0. The highest BCUT2D eigenvalue weighted by molar-refractivity contribution is 7.99. The van der Waals surface area contributed by atoms with Crippen LogP contribution in [0.3, 0.4) is 0 Å². The van der Waals surface area contributed by atoms with Gasteiger partial charge in [0.2, 0.25) is 0 Å². The summed E-state index contributed by atoms with van der Waals surface area (Å²) in [5.74, 6) is -7.85. The number of aliphatic hydroxyl groups is 2. The molecule has 0 amide bonds. The Labute approximate surface area is 188 Å². The average molecular weight is 481 g/mol. The Bertz CT molecular complexity index is 781. The number of rotatable bonds is 13. The minimum atomic E-state index is -1.51. The Kier molecular flexibility index (Phi) is 10.4. The molecule has 3 unspecified atom stereocenters. The van der Waals surface area contributed by atoms with Crippen LogP contribution in [0.2, 0.25) is 0 Å². The molecule has 1 saturated carbocycles. The van der Waals surface area contributed by atoms with Crippen LogP contribution in [0.5, 0.6) is 0 Å². The zero-order chi connectivity index (χ0) is 23.8. The van der Waals surface area contributed by atoms with Crippen molar-refractivity contribution in [2.45, 2.75) is 74.9 Å². The van der Waals surface area contributed by atoms with Gasteiger partial charge < -0.3 is 15.3 Å². The number of aliphatic hydroxyl groups excluding tert-OH is 2. The summed E-state index contributed by atoms with van der Waals surface area (Å²) in [6, 6.07) is 0.121. The first-order chi connectivity index (χ1) is 15.1. The van der Waals surface area contributed by atoms with E-state index < -0.39 is 46.3 Å². The first-order valence-corrected chi connectivity index (χ1v) is 11.7. The zero-order valence-corrected chi connectivity index (χ0v) is 18.4. The van der Waals surface area contributed by atoms with Gasteiger partial charge in [0.25, 0.3) is 0 Å². The highest BCUT2D eigenvalue weighted by Gasteiger charge is 2.40. The Balaban J connectivity index is 1.81. The molecule has 1 fully saturated rings. The van der Waals surface area contributed by atoms with Gasteiger partial charge >= 0.3 is 5.97 Å². The molecule has 32 heavy (non-hydrogen) atoms. The van der Waals surface area contributed by atoms with Crippen LogP contribution in [0.25, 0.3) is 0 Å². The van der Waals surface area contributed by atoms with Crippen LogP contribution in [0.4, 0.5) is 17.6 Å². The Hall–Kier alpha value is -1.65. The smallest absolute Gasteiger partial charge is 0.303 e. The molecule has 0 spiro atoms. The molecule has 4 atom stereocenters. The maximum absolute atomic E-state index is 13.7. The Morgan fingerprint density at radius 2 is 1.69 bits per heavy atom. The minimum Gasteiger partial charge on any atom is -0.481 e. The monoisotopic (exact) mass is 480 g/mol. The van der Waals surface area contributed by atoms with E-state index in [-0.39, 0.29) is 48.7 Å². The molecule has 0 aromatic heterocycles. The summed E-state index contributed by atoms with van der Waals surface area (Å²) in [4.78, 5) is 21.9. The van der Waals surface area contributed by atoms with E-state index in [9.17, 15) is 37.4 Å². The molecule has 0 heterocycles. The van der Waals surface area contributed by atoms with Crippen LogP contribution < -0.4 is 0 Å². The molecule has 0 aliphatic heterocycles. The van der Waals surface area contributed by atoms with Crippen molar-refractivity contribution in [2.75, 3.05) is 5.75 Å². The van der Waals surface area contributed by atoms with Crippen molar-refractivity contribution in [3.05, 3.63) is 29.3 Å². The van der Waals surface area contributed by atoms with E-state index in [1.165, 1.54) is 0 Å². The van der Waals surface area contributed by atoms with Crippen molar-refractivity contribution in [3.63, 3.8) is 0 Å². The molecule has 0 radical (unpaired) electrons. The number of hydrogen-bond donors (Lipinski definition) is 3. The minimum absolute atomic E-state index is 0.0399. The molecule has 5 nitrogen and oxygen atoms in total. The third kappa shape index (κ3) is 7.45. The maximum atomic E-state index is 13.7. The quantitative estimate of drug-likeness (QED) is 0.167. The fourth-order valence-corrected chi connectivity index (χ4v) is 5.08. The molecule has 0 saturated heterocycles. The van der Waals surface area contributed by atoms with Crippen LogP contribution in [0, 0.1) is 35.1 Å². The number of thioether (sulfide) groups is 1. The van der Waals surface area contributed by atoms with E-state index >= 15 is 0 Å². The number of carbonyl (C=O) groups excluding carboxylic acids is 1. The van der Waals surface area contributed by atoms with Gasteiger partial charge in [-0.1, -0.05) is 19.3 Å². The fraction of sp³-hybridized carbons (Fsp3) is 0.636. The van der Waals surface area contributed by atoms with Gasteiger partial charge in [0.05, 0.1) is 17.1 Å². The Morgan fingerprint density at radius 3 is 2.31 bits per heavy atom. The van der Waals surface area contributed by atoms with E-state index in [1.54, 1.807) is 0 Å². The van der Waals surface area contributed by atoms with Crippen LogP contribution in [-0.2, 0) is 9.59 Å². The lowest BCUT2D eigenvalue weighted by atomic mass is 9.85. The van der Waals surface area contributed by atoms with Crippen molar-refractivity contribution in [2.24, 2.45) is 11.8 Å². The summed E-state index contributed by atoms with van der Waals surface area (Å²) in [6.45, 7) is 0. The van der Waals surface area contributed by atoms with Crippen molar-refractivity contribution >= 4 is 23.5 Å². The second-order valence-electron chi connectivity index (χ2n) is 8.19. The molecular weight excluding hydrogens is 452 g/mol. The second kappa shape index (κ2) is 12.6. The summed E-state index contributed by atoms with van der Waals surface area (Å²) in [6.07, 6.45) is 2.12. The van der Waals surface area contributed by atoms with Crippen LogP contribution >= 0.6 is 11.8 Å². The Morgan fingerprint density at radius 1 is 1.06 bits per heavy atom. The van der Waals surface area contributed by atoms with Gasteiger partial charge in [-0.25, -0.2) is 17.6 Å². The number of carboxylic acid groups (broad SMARTS) is 1. The molecule has 0 bridgehead atoms. The van der Waals surface area contributed by atoms with E-state index in [2.05, 4.69) is 0 Å². The number of carboxylic acids is 1. The lowest BCUT2D eigenvalue weighted by Crippen LogP contribution is -2.23. The lowest BCUT2D eigenvalue weighted by molar-refractivity contribution is -0.137. The largest absolute Gasteiger partial charge is 0.481 e. The number of Topliss-reactive ketones (excluding diaryl/α,β-unsaturated/α-hetero) is 1. The lowest BCUT2D eigenvalue weighted by Gasteiger charge is -2.22. The predicted octanol–water partition coefficient (Wildman–Crippen LogP) is 4.47.